The molecule has 1 amide bonds. The van der Waals surface area contributed by atoms with Crippen molar-refractivity contribution in [3.63, 3.8) is 0 Å². The van der Waals surface area contributed by atoms with Crippen molar-refractivity contribution in [3.05, 3.63) is 48.2 Å². The molecule has 0 aliphatic carbocycles. The molecule has 1 aromatic heterocycles. The van der Waals surface area contributed by atoms with E-state index in [1.54, 1.807) is 18.3 Å². The quantitative estimate of drug-likeness (QED) is 0.680. The maximum atomic E-state index is 12.5. The summed E-state index contributed by atoms with van der Waals surface area (Å²) < 4.78 is 5.45. The van der Waals surface area contributed by atoms with E-state index >= 15 is 0 Å². The van der Waals surface area contributed by atoms with Gasteiger partial charge in [-0.15, -0.1) is 0 Å². The van der Waals surface area contributed by atoms with Crippen LogP contribution in [0.25, 0.3) is 0 Å². The average molecular weight is 354 g/mol. The Bertz CT molecular complexity index is 712. The largest absolute Gasteiger partial charge is 0.494 e. The molecule has 1 aliphatic rings. The summed E-state index contributed by atoms with van der Waals surface area (Å²) in [6.45, 7) is 5.40. The Morgan fingerprint density at radius 1 is 1.31 bits per heavy atom. The fourth-order valence-corrected chi connectivity index (χ4v) is 3.07. The number of ether oxygens (including phenoxy) is 1. The number of amides is 1. The van der Waals surface area contributed by atoms with E-state index in [0.717, 1.165) is 30.9 Å². The monoisotopic (exact) mass is 354 g/mol. The van der Waals surface area contributed by atoms with Gasteiger partial charge in [0.15, 0.2) is 0 Å². The molecule has 6 heteroatoms. The lowest BCUT2D eigenvalue weighted by Crippen LogP contribution is -2.27. The predicted octanol–water partition coefficient (Wildman–Crippen LogP) is 2.95. The van der Waals surface area contributed by atoms with Gasteiger partial charge in [0.05, 0.1) is 12.2 Å². The van der Waals surface area contributed by atoms with Crippen molar-refractivity contribution in [2.45, 2.75) is 19.8 Å². The first-order valence-corrected chi connectivity index (χ1v) is 9.20. The first-order valence-electron chi connectivity index (χ1n) is 9.20. The van der Waals surface area contributed by atoms with Gasteiger partial charge in [-0.2, -0.15) is 0 Å². The molecule has 3 N–H and O–H groups in total. The van der Waals surface area contributed by atoms with E-state index in [2.05, 4.69) is 20.9 Å². The molecule has 138 valence electrons. The molecule has 1 atom stereocenters. The van der Waals surface area contributed by atoms with E-state index in [4.69, 9.17) is 4.74 Å². The summed E-state index contributed by atoms with van der Waals surface area (Å²) in [5.41, 5.74) is 1.41. The molecule has 6 nitrogen and oxygen atoms in total. The summed E-state index contributed by atoms with van der Waals surface area (Å²) in [6.07, 6.45) is 3.87. The number of pyridine rings is 1. The van der Waals surface area contributed by atoms with Crippen molar-refractivity contribution < 1.29 is 9.53 Å². The molecule has 1 fully saturated rings. The van der Waals surface area contributed by atoms with Crippen LogP contribution in [0.5, 0.6) is 5.75 Å². The minimum atomic E-state index is -0.0995. The fourth-order valence-electron chi connectivity index (χ4n) is 3.07. The fraction of sp³-hybridized carbons (Fsp3) is 0.400. The van der Waals surface area contributed by atoms with Gasteiger partial charge in [0.25, 0.3) is 5.91 Å². The molecule has 2 aromatic rings. The van der Waals surface area contributed by atoms with Crippen LogP contribution in [0.4, 0.5) is 11.5 Å². The molecule has 1 aromatic carbocycles. The molecular formula is C20H26N4O2. The van der Waals surface area contributed by atoms with E-state index in [-0.39, 0.29) is 5.91 Å². The highest BCUT2D eigenvalue weighted by Gasteiger charge is 2.16. The summed E-state index contributed by atoms with van der Waals surface area (Å²) in [7, 11) is 0. The molecule has 0 radical (unpaired) electrons. The number of hydrogen-bond donors (Lipinski definition) is 3. The van der Waals surface area contributed by atoms with E-state index in [9.17, 15) is 4.79 Å². The predicted molar refractivity (Wildman–Crippen MR) is 103 cm³/mol. The van der Waals surface area contributed by atoms with Crippen LogP contribution < -0.4 is 20.7 Å². The number of hydrogen-bond acceptors (Lipinski definition) is 5. The number of aromatic nitrogens is 1. The summed E-state index contributed by atoms with van der Waals surface area (Å²) in [5.74, 6) is 1.93. The van der Waals surface area contributed by atoms with Crippen LogP contribution in [0.2, 0.25) is 0 Å². The molecule has 0 saturated carbocycles. The third kappa shape index (κ3) is 4.95. The maximum Gasteiger partial charge on any atom is 0.255 e. The molecule has 0 spiro atoms. The Balaban J connectivity index is 1.60. The molecule has 2 heterocycles. The molecular weight excluding hydrogens is 328 g/mol. The highest BCUT2D eigenvalue weighted by Crippen LogP contribution is 2.21. The Hall–Kier alpha value is -2.60. The number of carbonyl (C=O) groups excluding carboxylic acids is 1. The number of benzene rings is 1. The molecule has 26 heavy (non-hydrogen) atoms. The summed E-state index contributed by atoms with van der Waals surface area (Å²) in [5, 5.41) is 9.58. The van der Waals surface area contributed by atoms with Crippen LogP contribution in [-0.2, 0) is 0 Å². The van der Waals surface area contributed by atoms with Crippen molar-refractivity contribution in [1.29, 1.82) is 0 Å². The van der Waals surface area contributed by atoms with E-state index < -0.39 is 0 Å². The molecule has 1 aliphatic heterocycles. The standard InChI is InChI=1S/C20H26N4O2/c1-2-26-17-7-5-16(6-8-17)24-19-18(4-3-11-22-19)20(25)23-13-10-15-9-12-21-14-15/h3-8,11,15,21H,2,9-10,12-14H2,1H3,(H,22,24)(H,23,25). The van der Waals surface area contributed by atoms with Crippen molar-refractivity contribution in [1.82, 2.24) is 15.6 Å². The van der Waals surface area contributed by atoms with Crippen molar-refractivity contribution in [3.8, 4) is 5.75 Å². The minimum absolute atomic E-state index is 0.0995. The van der Waals surface area contributed by atoms with Crippen molar-refractivity contribution >= 4 is 17.4 Å². The van der Waals surface area contributed by atoms with Crippen LogP contribution in [0, 0.1) is 5.92 Å². The second-order valence-electron chi connectivity index (χ2n) is 6.39. The van der Waals surface area contributed by atoms with E-state index in [1.165, 1.54) is 6.42 Å². The Morgan fingerprint density at radius 2 is 2.15 bits per heavy atom. The Kier molecular flexibility index (Phi) is 6.44. The second kappa shape index (κ2) is 9.20. The number of anilines is 2. The van der Waals surface area contributed by atoms with Gasteiger partial charge in [0, 0.05) is 18.4 Å². The molecule has 3 rings (SSSR count). The van der Waals surface area contributed by atoms with Crippen LogP contribution >= 0.6 is 0 Å². The Morgan fingerprint density at radius 3 is 2.88 bits per heavy atom. The van der Waals surface area contributed by atoms with Crippen LogP contribution in [0.3, 0.4) is 0 Å². The number of nitrogens with zero attached hydrogens (tertiary/aromatic N) is 1. The minimum Gasteiger partial charge on any atom is -0.494 e. The maximum absolute atomic E-state index is 12.5. The average Bonchev–Trinajstić information content (AvgIpc) is 3.17. The number of rotatable bonds is 8. The van der Waals surface area contributed by atoms with Gasteiger partial charge in [-0.1, -0.05) is 0 Å². The van der Waals surface area contributed by atoms with Crippen molar-refractivity contribution in [2.24, 2.45) is 5.92 Å². The zero-order valence-electron chi connectivity index (χ0n) is 15.1. The molecule has 1 saturated heterocycles. The zero-order chi connectivity index (χ0) is 18.2. The van der Waals surface area contributed by atoms with Gasteiger partial charge in [0.1, 0.15) is 11.6 Å². The normalized spacial score (nSPS) is 16.3. The van der Waals surface area contributed by atoms with Gasteiger partial charge in [-0.25, -0.2) is 4.98 Å². The lowest BCUT2D eigenvalue weighted by Gasteiger charge is -2.13. The number of nitrogens with one attached hydrogen (secondary N) is 3. The highest BCUT2D eigenvalue weighted by molar-refractivity contribution is 5.99. The van der Waals surface area contributed by atoms with Gasteiger partial charge < -0.3 is 20.7 Å². The van der Waals surface area contributed by atoms with Gasteiger partial charge in [0.2, 0.25) is 0 Å². The number of carbonyl (C=O) groups is 1. The SMILES string of the molecule is CCOc1ccc(Nc2ncccc2C(=O)NCCC2CCNC2)cc1. The van der Waals surface area contributed by atoms with Gasteiger partial charge in [-0.05, 0) is 75.2 Å². The van der Waals surface area contributed by atoms with Crippen LogP contribution in [0.1, 0.15) is 30.1 Å². The highest BCUT2D eigenvalue weighted by atomic mass is 16.5. The van der Waals surface area contributed by atoms with Crippen molar-refractivity contribution in [2.75, 3.05) is 31.6 Å². The smallest absolute Gasteiger partial charge is 0.255 e. The van der Waals surface area contributed by atoms with Gasteiger partial charge >= 0.3 is 0 Å². The third-order valence-corrected chi connectivity index (χ3v) is 4.48. The van der Waals surface area contributed by atoms with Crippen LogP contribution in [0.15, 0.2) is 42.6 Å². The summed E-state index contributed by atoms with van der Waals surface area (Å²) >= 11 is 0. The summed E-state index contributed by atoms with van der Waals surface area (Å²) in [4.78, 5) is 16.9. The Labute approximate surface area is 154 Å². The topological polar surface area (TPSA) is 75.3 Å². The van der Waals surface area contributed by atoms with E-state index in [1.807, 2.05) is 31.2 Å². The first-order chi connectivity index (χ1) is 12.8. The lowest BCUT2D eigenvalue weighted by molar-refractivity contribution is 0.0952. The van der Waals surface area contributed by atoms with E-state index in [0.29, 0.717) is 30.5 Å². The third-order valence-electron chi connectivity index (χ3n) is 4.48. The lowest BCUT2D eigenvalue weighted by atomic mass is 10.1. The van der Waals surface area contributed by atoms with Crippen LogP contribution in [-0.4, -0.2) is 37.1 Å². The second-order valence-corrected chi connectivity index (χ2v) is 6.39. The molecule has 0 bridgehead atoms. The first kappa shape index (κ1) is 18.2. The molecule has 1 unspecified atom stereocenters. The van der Waals surface area contributed by atoms with Gasteiger partial charge in [-0.3, -0.25) is 4.79 Å². The summed E-state index contributed by atoms with van der Waals surface area (Å²) in [6, 6.07) is 11.2. The zero-order valence-corrected chi connectivity index (χ0v) is 15.1.